The average Bonchev–Trinajstić information content (AvgIpc) is 3.36. The molecule has 2 heterocycles. The monoisotopic (exact) mass is 576 g/mol. The fourth-order valence-corrected chi connectivity index (χ4v) is 7.16. The largest absolute Gasteiger partial charge is 0.390 e. The van der Waals surface area contributed by atoms with Crippen LogP contribution in [0.1, 0.15) is 31.0 Å². The van der Waals surface area contributed by atoms with Crippen molar-refractivity contribution >= 4 is 43.8 Å². The second-order valence-corrected chi connectivity index (χ2v) is 13.3. The summed E-state index contributed by atoms with van der Waals surface area (Å²) >= 11 is 6.23. The van der Waals surface area contributed by atoms with Crippen LogP contribution in [0.2, 0.25) is 5.28 Å². The third-order valence-electron chi connectivity index (χ3n) is 6.41. The Morgan fingerprint density at radius 2 is 1.84 bits per heavy atom. The minimum absolute atomic E-state index is 0.0456. The minimum Gasteiger partial charge on any atom is -0.390 e. The van der Waals surface area contributed by atoms with Crippen LogP contribution >= 0.6 is 26.8 Å². The number of nitrogens with zero attached hydrogens (tertiary/aromatic N) is 6. The van der Waals surface area contributed by atoms with Gasteiger partial charge in [-0.25, -0.2) is 4.68 Å². The zero-order valence-electron chi connectivity index (χ0n) is 19.8. The Morgan fingerprint density at radius 3 is 2.49 bits per heavy atom. The van der Waals surface area contributed by atoms with Crippen molar-refractivity contribution in [2.45, 2.75) is 37.6 Å². The Bertz CT molecular complexity index is 1360. The van der Waals surface area contributed by atoms with E-state index in [9.17, 15) is 24.2 Å². The van der Waals surface area contributed by atoms with Gasteiger partial charge in [-0.15, -0.1) is 5.10 Å². The zero-order chi connectivity index (χ0) is 27.1. The number of benzene rings is 1. The molecule has 17 heteroatoms. The molecule has 4 rings (SSSR count). The Labute approximate surface area is 216 Å². The van der Waals surface area contributed by atoms with Gasteiger partial charge in [0.05, 0.1) is 24.8 Å². The summed E-state index contributed by atoms with van der Waals surface area (Å²) in [5, 5.41) is 29.5. The molecule has 0 amide bonds. The van der Waals surface area contributed by atoms with E-state index >= 15 is 0 Å². The molecule has 0 aliphatic heterocycles. The third kappa shape index (κ3) is 6.19. The highest BCUT2D eigenvalue weighted by Gasteiger charge is 2.45. The van der Waals surface area contributed by atoms with Gasteiger partial charge in [-0.2, -0.15) is 9.97 Å². The highest BCUT2D eigenvalue weighted by Crippen LogP contribution is 2.56. The molecule has 5 N–H and O–H groups in total. The summed E-state index contributed by atoms with van der Waals surface area (Å²) in [6.45, 7) is 1.46. The molecule has 37 heavy (non-hydrogen) atoms. The van der Waals surface area contributed by atoms with Crippen molar-refractivity contribution in [2.75, 3.05) is 24.5 Å². The van der Waals surface area contributed by atoms with Crippen molar-refractivity contribution in [2.24, 2.45) is 5.92 Å². The Kier molecular flexibility index (Phi) is 8.06. The van der Waals surface area contributed by atoms with Crippen LogP contribution in [0.15, 0.2) is 30.3 Å². The Hall–Kier alpha value is -1.99. The summed E-state index contributed by atoms with van der Waals surface area (Å²) in [7, 11) is -7.61. The van der Waals surface area contributed by atoms with Crippen LogP contribution in [0.3, 0.4) is 0 Å². The lowest BCUT2D eigenvalue weighted by Crippen LogP contribution is -2.31. The summed E-state index contributed by atoms with van der Waals surface area (Å²) < 4.78 is 29.2. The molecule has 1 aliphatic rings. The van der Waals surface area contributed by atoms with Crippen molar-refractivity contribution in [1.29, 1.82) is 0 Å². The molecule has 2 aromatic heterocycles. The fraction of sp³-hybridized carbons (Fsp3) is 0.500. The van der Waals surface area contributed by atoms with E-state index in [4.69, 9.17) is 25.9 Å². The molecule has 0 bridgehead atoms. The molecule has 1 aliphatic carbocycles. The van der Waals surface area contributed by atoms with Gasteiger partial charge in [-0.3, -0.25) is 9.13 Å². The molecule has 1 fully saturated rings. The number of anilines is 1. The SMILES string of the molecule is C[C@@H](c1ccccc1)N(C)c1nc(Cl)nc2c1nnn2[C@@H]1C[C@H](COP(=O)(O)CP(=O)(O)O)[C@@H](O)[C@H]1O. The van der Waals surface area contributed by atoms with Gasteiger partial charge < -0.3 is 34.3 Å². The smallest absolute Gasteiger partial charge is 0.340 e. The topological polar surface area (TPSA) is 204 Å². The number of fused-ring (bicyclic) bond motifs is 1. The van der Waals surface area contributed by atoms with Crippen molar-refractivity contribution in [3.05, 3.63) is 41.2 Å². The fourth-order valence-electron chi connectivity index (χ4n) is 4.39. The number of aliphatic hydroxyl groups is 2. The molecule has 3 aromatic rings. The van der Waals surface area contributed by atoms with E-state index in [1.807, 2.05) is 49.2 Å². The van der Waals surface area contributed by atoms with Crippen molar-refractivity contribution in [1.82, 2.24) is 25.0 Å². The van der Waals surface area contributed by atoms with Crippen LogP contribution < -0.4 is 4.90 Å². The van der Waals surface area contributed by atoms with Gasteiger partial charge >= 0.3 is 15.2 Å². The molecule has 0 radical (unpaired) electrons. The predicted molar refractivity (Wildman–Crippen MR) is 133 cm³/mol. The van der Waals surface area contributed by atoms with Gasteiger partial charge in [0.15, 0.2) is 22.9 Å². The van der Waals surface area contributed by atoms with Crippen molar-refractivity contribution < 1.29 is 38.5 Å². The van der Waals surface area contributed by atoms with Crippen LogP contribution in [0.25, 0.3) is 11.2 Å². The lowest BCUT2D eigenvalue weighted by molar-refractivity contribution is -0.00362. The average molecular weight is 577 g/mol. The van der Waals surface area contributed by atoms with Gasteiger partial charge in [0.25, 0.3) is 0 Å². The first-order chi connectivity index (χ1) is 17.3. The van der Waals surface area contributed by atoms with Gasteiger partial charge in [0.1, 0.15) is 6.10 Å². The second kappa shape index (κ2) is 10.6. The van der Waals surface area contributed by atoms with Crippen molar-refractivity contribution in [3.8, 4) is 0 Å². The maximum absolute atomic E-state index is 12.0. The second-order valence-electron chi connectivity index (χ2n) is 9.00. The van der Waals surface area contributed by atoms with Crippen LogP contribution in [0.4, 0.5) is 5.82 Å². The lowest BCUT2D eigenvalue weighted by Gasteiger charge is -2.26. The Morgan fingerprint density at radius 1 is 1.16 bits per heavy atom. The number of rotatable bonds is 9. The molecule has 14 nitrogen and oxygen atoms in total. The summed E-state index contributed by atoms with van der Waals surface area (Å²) in [5.74, 6) is -1.78. The lowest BCUT2D eigenvalue weighted by atomic mass is 10.1. The standard InChI is InChI=1S/C20H27ClN6O8P2/c1-11(12-6-4-3-5-7-12)26(2)18-15-19(23-20(21)22-18)27(25-24-15)14-8-13(16(28)17(14)29)9-35-37(33,34)10-36(30,31)32/h3-7,11,13-14,16-17,28-29H,8-10H2,1-2H3,(H,33,34)(H2,30,31,32)/t11-,13+,14+,16+,17-/m0/s1. The van der Waals surface area contributed by atoms with E-state index in [0.717, 1.165) is 5.56 Å². The van der Waals surface area contributed by atoms with E-state index < -0.39 is 51.9 Å². The molecule has 6 atom stereocenters. The van der Waals surface area contributed by atoms with Gasteiger partial charge in [-0.05, 0) is 30.5 Å². The molecule has 0 saturated heterocycles. The number of aliphatic hydroxyl groups excluding tert-OH is 2. The number of hydrogen-bond acceptors (Lipinski definition) is 10. The van der Waals surface area contributed by atoms with Crippen LogP contribution in [0.5, 0.6) is 0 Å². The number of aromatic nitrogens is 5. The van der Waals surface area contributed by atoms with Gasteiger partial charge in [0, 0.05) is 13.0 Å². The normalized spacial score (nSPS) is 24.8. The minimum atomic E-state index is -4.80. The molecule has 1 unspecified atom stereocenters. The first kappa shape index (κ1) is 28.0. The zero-order valence-corrected chi connectivity index (χ0v) is 22.4. The van der Waals surface area contributed by atoms with E-state index in [-0.39, 0.29) is 23.4 Å². The maximum atomic E-state index is 12.0. The quantitative estimate of drug-likeness (QED) is 0.182. The summed E-state index contributed by atoms with van der Waals surface area (Å²) in [4.78, 5) is 38.1. The summed E-state index contributed by atoms with van der Waals surface area (Å²) in [6.07, 6.45) is -2.70. The molecule has 1 aromatic carbocycles. The van der Waals surface area contributed by atoms with E-state index in [1.54, 1.807) is 0 Å². The Balaban J connectivity index is 1.59. The van der Waals surface area contributed by atoms with Crippen LogP contribution in [-0.4, -0.2) is 81.6 Å². The maximum Gasteiger partial charge on any atom is 0.340 e. The van der Waals surface area contributed by atoms with Gasteiger partial charge in [0.2, 0.25) is 5.28 Å². The number of halogens is 1. The third-order valence-corrected chi connectivity index (χ3v) is 10.0. The molecule has 0 spiro atoms. The van der Waals surface area contributed by atoms with E-state index in [0.29, 0.717) is 11.3 Å². The molecular weight excluding hydrogens is 550 g/mol. The summed E-state index contributed by atoms with van der Waals surface area (Å²) in [5.41, 5.74) is 1.56. The van der Waals surface area contributed by atoms with Crippen LogP contribution in [0, 0.1) is 5.92 Å². The highest BCUT2D eigenvalue weighted by molar-refractivity contribution is 7.70. The van der Waals surface area contributed by atoms with Gasteiger partial charge in [-0.1, -0.05) is 35.5 Å². The van der Waals surface area contributed by atoms with E-state index in [2.05, 4.69) is 20.3 Å². The highest BCUT2D eigenvalue weighted by atomic mass is 35.5. The van der Waals surface area contributed by atoms with E-state index in [1.165, 1.54) is 4.68 Å². The molecule has 202 valence electrons. The summed E-state index contributed by atoms with van der Waals surface area (Å²) in [6, 6.07) is 8.76. The van der Waals surface area contributed by atoms with Crippen molar-refractivity contribution in [3.63, 3.8) is 0 Å². The van der Waals surface area contributed by atoms with Crippen LogP contribution in [-0.2, 0) is 13.7 Å². The molecular formula is C20H27ClN6O8P2. The number of hydrogen-bond donors (Lipinski definition) is 5. The molecule has 1 saturated carbocycles. The first-order valence-electron chi connectivity index (χ1n) is 11.2. The predicted octanol–water partition coefficient (Wildman–Crippen LogP) is 1.69. The first-order valence-corrected chi connectivity index (χ1v) is 15.1.